The third-order valence-electron chi connectivity index (χ3n) is 13.7. The molecule has 0 amide bonds. The van der Waals surface area contributed by atoms with Gasteiger partial charge < -0.3 is 15.9 Å². The minimum absolute atomic E-state index is 0.0140. The Morgan fingerprint density at radius 2 is 1.58 bits per heavy atom. The van der Waals surface area contributed by atoms with Crippen molar-refractivity contribution in [3.8, 4) is 0 Å². The van der Waals surface area contributed by atoms with Gasteiger partial charge in [-0.1, -0.05) is 46.8 Å². The number of aliphatic hydroxyl groups excluding tert-OH is 2. The van der Waals surface area contributed by atoms with E-state index in [1.54, 1.807) is 0 Å². The summed E-state index contributed by atoms with van der Waals surface area (Å²) in [5, 5.41) is 21.6. The predicted octanol–water partition coefficient (Wildman–Crippen LogP) is 5.94. The van der Waals surface area contributed by atoms with Gasteiger partial charge in [0, 0.05) is 13.2 Å². The molecular weight excluding hydrogens is 406 g/mol. The highest BCUT2D eigenvalue weighted by molar-refractivity contribution is 5.22. The van der Waals surface area contributed by atoms with E-state index in [2.05, 4.69) is 41.2 Å². The van der Waals surface area contributed by atoms with Gasteiger partial charge in [-0.2, -0.15) is 0 Å². The van der Waals surface area contributed by atoms with E-state index in [0.29, 0.717) is 53.1 Å². The van der Waals surface area contributed by atoms with Crippen molar-refractivity contribution >= 4 is 0 Å². The first-order valence-electron chi connectivity index (χ1n) is 14.1. The number of nitrogens with two attached hydrogens (primary N) is 1. The van der Waals surface area contributed by atoms with Crippen LogP contribution in [-0.2, 0) is 0 Å². The van der Waals surface area contributed by atoms with E-state index in [9.17, 15) is 10.2 Å². The van der Waals surface area contributed by atoms with Crippen LogP contribution in [0, 0.1) is 56.7 Å². The van der Waals surface area contributed by atoms with Gasteiger partial charge in [0.25, 0.3) is 0 Å². The molecule has 4 N–H and O–H groups in total. The first kappa shape index (κ1) is 24.3. The van der Waals surface area contributed by atoms with Crippen molar-refractivity contribution in [3.63, 3.8) is 0 Å². The predicted molar refractivity (Wildman–Crippen MR) is 135 cm³/mol. The molecule has 3 nitrogen and oxygen atoms in total. The van der Waals surface area contributed by atoms with Crippen molar-refractivity contribution in [2.75, 3.05) is 13.2 Å². The highest BCUT2D eigenvalue weighted by Gasteiger charge is 2.70. The fraction of sp³-hybridized carbons (Fsp3) is 0.933. The SMILES string of the molecule is C=C(CN)[C@@H]1CC[C@]2(CO)CC[C@]3(C)[C@H](CC[C@@H]4[C@@]5(C)CC[C@H](O)C(C)(C)[C@@H]5CC[C@]43C)[C@@H]12. The molecule has 33 heavy (non-hydrogen) atoms. The zero-order chi connectivity index (χ0) is 24.0. The maximum Gasteiger partial charge on any atom is 0.0594 e. The summed E-state index contributed by atoms with van der Waals surface area (Å²) in [5.41, 5.74) is 8.44. The molecule has 0 aromatic heterocycles. The van der Waals surface area contributed by atoms with Crippen LogP contribution in [0.4, 0.5) is 0 Å². The van der Waals surface area contributed by atoms with Gasteiger partial charge in [-0.25, -0.2) is 0 Å². The fourth-order valence-electron chi connectivity index (χ4n) is 11.6. The Balaban J connectivity index is 1.54. The van der Waals surface area contributed by atoms with Crippen molar-refractivity contribution in [1.82, 2.24) is 0 Å². The van der Waals surface area contributed by atoms with Crippen LogP contribution in [0.5, 0.6) is 0 Å². The van der Waals surface area contributed by atoms with E-state index in [-0.39, 0.29) is 16.9 Å². The quantitative estimate of drug-likeness (QED) is 0.460. The van der Waals surface area contributed by atoms with Gasteiger partial charge in [0.2, 0.25) is 0 Å². The largest absolute Gasteiger partial charge is 0.396 e. The molecule has 5 rings (SSSR count). The summed E-state index contributed by atoms with van der Waals surface area (Å²) in [4.78, 5) is 0. The van der Waals surface area contributed by atoms with Crippen LogP contribution >= 0.6 is 0 Å². The van der Waals surface area contributed by atoms with Gasteiger partial charge in [0.15, 0.2) is 0 Å². The van der Waals surface area contributed by atoms with Crippen LogP contribution in [0.2, 0.25) is 0 Å². The Labute approximate surface area is 203 Å². The van der Waals surface area contributed by atoms with E-state index in [4.69, 9.17) is 5.73 Å². The van der Waals surface area contributed by atoms with Crippen LogP contribution in [0.25, 0.3) is 0 Å². The van der Waals surface area contributed by atoms with Gasteiger partial charge in [-0.05, 0) is 121 Å². The van der Waals surface area contributed by atoms with E-state index >= 15 is 0 Å². The van der Waals surface area contributed by atoms with Crippen LogP contribution in [-0.4, -0.2) is 29.5 Å². The third-order valence-corrected chi connectivity index (χ3v) is 13.7. The second-order valence-electron chi connectivity index (χ2n) is 14.6. The molecule has 0 bridgehead atoms. The molecule has 0 spiro atoms. The highest BCUT2D eigenvalue weighted by Crippen LogP contribution is 2.77. The molecule has 10 atom stereocenters. The molecular formula is C30H51NO2. The summed E-state index contributed by atoms with van der Waals surface area (Å²) >= 11 is 0. The number of aliphatic hydroxyl groups is 2. The smallest absolute Gasteiger partial charge is 0.0594 e. The minimum Gasteiger partial charge on any atom is -0.396 e. The number of rotatable bonds is 3. The molecule has 0 aliphatic heterocycles. The molecule has 0 radical (unpaired) electrons. The van der Waals surface area contributed by atoms with Gasteiger partial charge in [0.1, 0.15) is 0 Å². The summed E-state index contributed by atoms with van der Waals surface area (Å²) in [7, 11) is 0. The van der Waals surface area contributed by atoms with Gasteiger partial charge in [-0.15, -0.1) is 0 Å². The topological polar surface area (TPSA) is 66.5 Å². The number of hydrogen-bond donors (Lipinski definition) is 3. The molecule has 0 aromatic carbocycles. The lowest BCUT2D eigenvalue weighted by atomic mass is 9.32. The van der Waals surface area contributed by atoms with Gasteiger partial charge in [-0.3, -0.25) is 0 Å². The molecule has 188 valence electrons. The highest BCUT2D eigenvalue weighted by atomic mass is 16.3. The lowest BCUT2D eigenvalue weighted by molar-refractivity contribution is -0.249. The first-order valence-corrected chi connectivity index (χ1v) is 14.1. The van der Waals surface area contributed by atoms with Crippen molar-refractivity contribution in [2.24, 2.45) is 62.4 Å². The number of fused-ring (bicyclic) bond motifs is 7. The minimum atomic E-state index is -0.159. The van der Waals surface area contributed by atoms with Gasteiger partial charge in [0.05, 0.1) is 6.10 Å². The Kier molecular flexibility index (Phi) is 5.57. The maximum absolute atomic E-state index is 10.9. The Morgan fingerprint density at radius 1 is 0.848 bits per heavy atom. The van der Waals surface area contributed by atoms with E-state index in [0.717, 1.165) is 18.8 Å². The summed E-state index contributed by atoms with van der Waals surface area (Å²) in [6, 6.07) is 0. The van der Waals surface area contributed by atoms with Crippen molar-refractivity contribution < 1.29 is 10.2 Å². The summed E-state index contributed by atoms with van der Waals surface area (Å²) in [6.07, 6.45) is 11.9. The first-order chi connectivity index (χ1) is 15.4. The van der Waals surface area contributed by atoms with Crippen LogP contribution in [0.3, 0.4) is 0 Å². The molecule has 0 unspecified atom stereocenters. The van der Waals surface area contributed by atoms with Crippen molar-refractivity contribution in [3.05, 3.63) is 12.2 Å². The Morgan fingerprint density at radius 3 is 2.24 bits per heavy atom. The molecule has 0 saturated heterocycles. The molecule has 5 aliphatic rings. The van der Waals surface area contributed by atoms with E-state index in [1.807, 2.05) is 0 Å². The molecule has 0 heterocycles. The fourth-order valence-corrected chi connectivity index (χ4v) is 11.6. The second-order valence-corrected chi connectivity index (χ2v) is 14.6. The third kappa shape index (κ3) is 2.91. The maximum atomic E-state index is 10.9. The monoisotopic (exact) mass is 457 g/mol. The second kappa shape index (κ2) is 7.56. The summed E-state index contributed by atoms with van der Waals surface area (Å²) in [6.45, 7) is 18.0. The Hall–Kier alpha value is -0.380. The van der Waals surface area contributed by atoms with Crippen molar-refractivity contribution in [1.29, 1.82) is 0 Å². The lowest BCUT2D eigenvalue weighted by Crippen LogP contribution is -2.66. The molecule has 0 aromatic rings. The lowest BCUT2D eigenvalue weighted by Gasteiger charge is -2.73. The normalized spacial score (nSPS) is 55.2. The number of hydrogen-bond acceptors (Lipinski definition) is 3. The molecule has 5 aliphatic carbocycles. The zero-order valence-corrected chi connectivity index (χ0v) is 22.1. The van der Waals surface area contributed by atoms with E-state index in [1.165, 1.54) is 56.9 Å². The van der Waals surface area contributed by atoms with Crippen LogP contribution in [0.15, 0.2) is 12.2 Å². The van der Waals surface area contributed by atoms with Crippen molar-refractivity contribution in [2.45, 2.75) is 105 Å². The molecule has 3 heteroatoms. The Bertz CT molecular complexity index is 807. The van der Waals surface area contributed by atoms with Crippen LogP contribution in [0.1, 0.15) is 98.8 Å². The molecule has 5 saturated carbocycles. The zero-order valence-electron chi connectivity index (χ0n) is 22.1. The summed E-state index contributed by atoms with van der Waals surface area (Å²) in [5.74, 6) is 3.05. The standard InChI is InChI=1S/C30H51NO2/c1-19(17-31)20-9-14-30(18-32)16-15-28(5)21(25(20)30)7-8-23-27(4)12-11-24(33)26(2,3)22(27)10-13-29(23,28)6/h20-25,32-33H,1,7-18,31H2,2-6H3/t20-,21+,22-,23+,24-,25+,27-,28+,29+,30+/m0/s1. The summed E-state index contributed by atoms with van der Waals surface area (Å²) < 4.78 is 0. The average molecular weight is 458 g/mol. The van der Waals surface area contributed by atoms with Gasteiger partial charge >= 0.3 is 0 Å². The molecule has 5 fully saturated rings. The average Bonchev–Trinajstić information content (AvgIpc) is 3.17. The van der Waals surface area contributed by atoms with Crippen LogP contribution < -0.4 is 5.73 Å². The van der Waals surface area contributed by atoms with E-state index < -0.39 is 0 Å².